The van der Waals surface area contributed by atoms with Crippen LogP contribution in [-0.2, 0) is 32.7 Å². The average molecular weight is 889 g/mol. The molecule has 61 heavy (non-hydrogen) atoms. The molecule has 0 aromatic heterocycles. The molecule has 1 aliphatic rings. The summed E-state index contributed by atoms with van der Waals surface area (Å²) in [5.41, 5.74) is 0. The second-order valence-electron chi connectivity index (χ2n) is 16.6. The Morgan fingerprint density at radius 1 is 0.508 bits per heavy atom. The molecule has 356 valence electrons. The first kappa shape index (κ1) is 57.1. The fraction of sp³-hybridized carbons (Fsp3) is 0.830. The molecule has 0 bridgehead atoms. The summed E-state index contributed by atoms with van der Waals surface area (Å²) in [5.74, 6) is -1.12. The van der Waals surface area contributed by atoms with Crippen molar-refractivity contribution in [3.63, 3.8) is 0 Å². The normalized spacial score (nSPS) is 22.3. The highest BCUT2D eigenvalue weighted by Gasteiger charge is 2.51. The fourth-order valence-corrected chi connectivity index (χ4v) is 8.05. The number of allylic oxidation sites excluding steroid dienone is 6. The van der Waals surface area contributed by atoms with Gasteiger partial charge in [-0.15, -0.1) is 0 Å². The van der Waals surface area contributed by atoms with Gasteiger partial charge in [-0.05, 0) is 70.6 Å². The molecule has 6 N–H and O–H groups in total. The van der Waals surface area contributed by atoms with Gasteiger partial charge in [-0.1, -0.05) is 147 Å². The molecule has 0 spiro atoms. The summed E-state index contributed by atoms with van der Waals surface area (Å²) in [6.07, 6.45) is 29.1. The molecule has 1 saturated carbocycles. The number of phosphoric acid groups is 1. The number of unbranched alkanes of at least 4 members (excludes halogenated alkanes) is 21. The molecular formula is C47H85O13P. The van der Waals surface area contributed by atoms with Gasteiger partial charge in [0.15, 0.2) is 6.10 Å². The molecule has 0 heterocycles. The summed E-state index contributed by atoms with van der Waals surface area (Å²) in [4.78, 5) is 35.7. The third kappa shape index (κ3) is 30.0. The van der Waals surface area contributed by atoms with Gasteiger partial charge in [-0.25, -0.2) is 4.57 Å². The van der Waals surface area contributed by atoms with Gasteiger partial charge in [0.25, 0.3) is 0 Å². The van der Waals surface area contributed by atoms with Crippen molar-refractivity contribution in [1.82, 2.24) is 0 Å². The van der Waals surface area contributed by atoms with Gasteiger partial charge in [-0.2, -0.15) is 0 Å². The predicted molar refractivity (Wildman–Crippen MR) is 240 cm³/mol. The standard InChI is InChI=1S/C47H85O13P/c1-3-5-7-9-11-13-15-17-18-19-20-21-22-24-25-27-29-31-33-35-40(48)57-37-39(38-58-61(55,56)60-47-45(53)43(51)42(50)44(52)46(47)54)59-41(49)36-34-32-30-28-26-23-16-14-12-10-8-6-4-2/h11,13,17-18,23,26,39,42-47,50-54H,3-10,12,14-16,19-22,24-25,27-38H2,1-2H3,(H,55,56)/b13-11+,18-17+,26-23+/t39-,42?,43-,44?,45?,46?,47?/m0/s1. The highest BCUT2D eigenvalue weighted by atomic mass is 31.2. The lowest BCUT2D eigenvalue weighted by atomic mass is 9.85. The molecule has 0 aromatic carbocycles. The molecule has 0 aliphatic heterocycles. The molecule has 0 aromatic rings. The van der Waals surface area contributed by atoms with Gasteiger partial charge in [0.05, 0.1) is 6.61 Å². The lowest BCUT2D eigenvalue weighted by molar-refractivity contribution is -0.220. The number of aliphatic hydroxyl groups excluding tert-OH is 5. The smallest absolute Gasteiger partial charge is 0.462 e. The van der Waals surface area contributed by atoms with Gasteiger partial charge in [0.2, 0.25) is 0 Å². The Balaban J connectivity index is 2.43. The number of rotatable bonds is 39. The Labute approximate surface area is 368 Å². The number of hydrogen-bond acceptors (Lipinski definition) is 12. The summed E-state index contributed by atoms with van der Waals surface area (Å²) < 4.78 is 33.5. The van der Waals surface area contributed by atoms with E-state index in [-0.39, 0.29) is 12.8 Å². The summed E-state index contributed by atoms with van der Waals surface area (Å²) in [6.45, 7) is 3.25. The largest absolute Gasteiger partial charge is 0.472 e. The number of carbonyl (C=O) groups is 2. The van der Waals surface area contributed by atoms with E-state index in [1.54, 1.807) is 0 Å². The van der Waals surface area contributed by atoms with Crippen molar-refractivity contribution in [2.75, 3.05) is 13.2 Å². The molecule has 1 aliphatic carbocycles. The summed E-state index contributed by atoms with van der Waals surface area (Å²) in [6, 6.07) is 0. The molecule has 13 nitrogen and oxygen atoms in total. The van der Waals surface area contributed by atoms with E-state index in [1.165, 1.54) is 89.9 Å². The van der Waals surface area contributed by atoms with E-state index in [4.69, 9.17) is 18.5 Å². The maximum atomic E-state index is 12.8. The third-order valence-corrected chi connectivity index (χ3v) is 11.9. The van der Waals surface area contributed by atoms with Crippen LogP contribution < -0.4 is 0 Å². The van der Waals surface area contributed by atoms with Crippen LogP contribution in [0.15, 0.2) is 36.5 Å². The Morgan fingerprint density at radius 2 is 0.885 bits per heavy atom. The Morgan fingerprint density at radius 3 is 1.39 bits per heavy atom. The quantitative estimate of drug-likeness (QED) is 0.0147. The van der Waals surface area contributed by atoms with Crippen molar-refractivity contribution < 1.29 is 63.1 Å². The summed E-state index contributed by atoms with van der Waals surface area (Å²) in [5, 5.41) is 50.1. The number of esters is 2. The number of phosphoric ester groups is 1. The number of ether oxygens (including phenoxy) is 2. The zero-order valence-corrected chi connectivity index (χ0v) is 38.6. The monoisotopic (exact) mass is 889 g/mol. The van der Waals surface area contributed by atoms with Gasteiger partial charge < -0.3 is 39.9 Å². The van der Waals surface area contributed by atoms with Crippen LogP contribution in [-0.4, -0.2) is 98.3 Å². The van der Waals surface area contributed by atoms with Crippen LogP contribution in [0.3, 0.4) is 0 Å². The second-order valence-corrected chi connectivity index (χ2v) is 18.0. The minimum atomic E-state index is -5.12. The van der Waals surface area contributed by atoms with Crippen molar-refractivity contribution in [3.05, 3.63) is 36.5 Å². The molecule has 0 radical (unpaired) electrons. The van der Waals surface area contributed by atoms with Gasteiger partial charge in [-0.3, -0.25) is 18.6 Å². The van der Waals surface area contributed by atoms with Crippen molar-refractivity contribution in [2.24, 2.45) is 0 Å². The highest BCUT2D eigenvalue weighted by Crippen LogP contribution is 2.47. The van der Waals surface area contributed by atoms with Crippen molar-refractivity contribution in [1.29, 1.82) is 0 Å². The van der Waals surface area contributed by atoms with Crippen LogP contribution >= 0.6 is 7.82 Å². The first-order chi connectivity index (χ1) is 29.4. The van der Waals surface area contributed by atoms with E-state index in [1.807, 2.05) is 0 Å². The second kappa shape index (κ2) is 37.4. The zero-order chi connectivity index (χ0) is 45.0. The molecule has 6 unspecified atom stereocenters. The van der Waals surface area contributed by atoms with E-state index < -0.39 is 75.7 Å². The summed E-state index contributed by atoms with van der Waals surface area (Å²) >= 11 is 0. The number of carbonyl (C=O) groups excluding carboxylic acids is 2. The van der Waals surface area contributed by atoms with Crippen LogP contribution in [0.2, 0.25) is 0 Å². The molecule has 1 rings (SSSR count). The van der Waals surface area contributed by atoms with Crippen LogP contribution in [0, 0.1) is 0 Å². The van der Waals surface area contributed by atoms with E-state index in [2.05, 4.69) is 50.3 Å². The molecule has 0 amide bonds. The van der Waals surface area contributed by atoms with E-state index in [0.717, 1.165) is 64.2 Å². The van der Waals surface area contributed by atoms with Crippen LogP contribution in [0.25, 0.3) is 0 Å². The van der Waals surface area contributed by atoms with Crippen LogP contribution in [0.1, 0.15) is 194 Å². The topological polar surface area (TPSA) is 210 Å². The van der Waals surface area contributed by atoms with Gasteiger partial charge in [0.1, 0.15) is 43.2 Å². The predicted octanol–water partition coefficient (Wildman–Crippen LogP) is 9.39. The lowest BCUT2D eigenvalue weighted by Crippen LogP contribution is -2.64. The average Bonchev–Trinajstić information content (AvgIpc) is 3.24. The molecule has 1 fully saturated rings. The number of aliphatic hydroxyl groups is 5. The van der Waals surface area contributed by atoms with Crippen molar-refractivity contribution in [2.45, 2.75) is 236 Å². The zero-order valence-electron chi connectivity index (χ0n) is 37.7. The first-order valence-corrected chi connectivity index (χ1v) is 25.3. The highest BCUT2D eigenvalue weighted by molar-refractivity contribution is 7.47. The van der Waals surface area contributed by atoms with E-state index in [9.17, 15) is 44.6 Å². The molecule has 8 atom stereocenters. The molecular weight excluding hydrogens is 803 g/mol. The Bertz CT molecular complexity index is 1210. The van der Waals surface area contributed by atoms with E-state index >= 15 is 0 Å². The first-order valence-electron chi connectivity index (χ1n) is 23.8. The number of hydrogen-bond donors (Lipinski definition) is 6. The maximum absolute atomic E-state index is 12.8. The van der Waals surface area contributed by atoms with Crippen molar-refractivity contribution in [3.8, 4) is 0 Å². The van der Waals surface area contributed by atoms with Gasteiger partial charge >= 0.3 is 19.8 Å². The molecule has 14 heteroatoms. The third-order valence-electron chi connectivity index (χ3n) is 11.0. The molecule has 0 saturated heterocycles. The van der Waals surface area contributed by atoms with Gasteiger partial charge in [0, 0.05) is 12.8 Å². The minimum absolute atomic E-state index is 0.0759. The maximum Gasteiger partial charge on any atom is 0.472 e. The Hall–Kier alpha value is -1.93. The summed E-state index contributed by atoms with van der Waals surface area (Å²) in [7, 11) is -5.12. The minimum Gasteiger partial charge on any atom is -0.462 e. The Kier molecular flexibility index (Phi) is 35.0. The lowest BCUT2D eigenvalue weighted by Gasteiger charge is -2.41. The SMILES string of the molecule is CCCCC/C=C/C/C=C/CCCCCCCCCCCC(=O)OC[C@@H](COP(=O)(O)OC1C(O)C(O)C(O)[C@H](O)C1O)OC(=O)CCCCC/C=C/CCCCCCCC. The fourth-order valence-electron chi connectivity index (χ4n) is 7.08. The van der Waals surface area contributed by atoms with E-state index in [0.29, 0.717) is 12.8 Å². The van der Waals surface area contributed by atoms with Crippen LogP contribution in [0.5, 0.6) is 0 Å². The van der Waals surface area contributed by atoms with Crippen LogP contribution in [0.4, 0.5) is 0 Å². The van der Waals surface area contributed by atoms with Crippen molar-refractivity contribution >= 4 is 19.8 Å².